The van der Waals surface area contributed by atoms with Gasteiger partial charge in [-0.05, 0) is 48.5 Å². The van der Waals surface area contributed by atoms with Crippen molar-refractivity contribution in [2.24, 2.45) is 5.92 Å². The molecule has 0 unspecified atom stereocenters. The molecule has 1 aliphatic heterocycles. The molecule has 0 bridgehead atoms. The van der Waals surface area contributed by atoms with Gasteiger partial charge in [0, 0.05) is 18.8 Å². The van der Waals surface area contributed by atoms with Crippen molar-refractivity contribution in [2.45, 2.75) is 36.3 Å². The van der Waals surface area contributed by atoms with Gasteiger partial charge in [-0.1, -0.05) is 18.6 Å². The molecule has 1 saturated carbocycles. The maximum atomic E-state index is 12.6. The first-order chi connectivity index (χ1) is 11.6. The molecule has 1 aromatic carbocycles. The van der Waals surface area contributed by atoms with E-state index < -0.39 is 4.75 Å². The van der Waals surface area contributed by atoms with Gasteiger partial charge in [-0.25, -0.2) is 0 Å². The van der Waals surface area contributed by atoms with Gasteiger partial charge in [0.25, 0.3) is 0 Å². The summed E-state index contributed by atoms with van der Waals surface area (Å²) in [5, 5.41) is 2.55. The Kier molecular flexibility index (Phi) is 5.72. The van der Waals surface area contributed by atoms with E-state index in [0.717, 1.165) is 42.8 Å². The number of carbonyl (C=O) groups excluding carboxylic acids is 2. The number of thiol groups is 2. The largest absolute Gasteiger partial charge is 0.429 e. The second kappa shape index (κ2) is 7.62. The normalized spacial score (nSPS) is 28.2. The molecule has 0 spiro atoms. The smallest absolute Gasteiger partial charge is 0.244 e. The van der Waals surface area contributed by atoms with Crippen molar-refractivity contribution < 1.29 is 13.8 Å². The van der Waals surface area contributed by atoms with Gasteiger partial charge in [-0.2, -0.15) is 12.6 Å². The molecule has 1 N–H and O–H groups in total. The molecule has 0 aromatic heterocycles. The van der Waals surface area contributed by atoms with Crippen LogP contribution in [0.3, 0.4) is 0 Å². The lowest BCUT2D eigenvalue weighted by molar-refractivity contribution is -0.125. The van der Waals surface area contributed by atoms with Crippen LogP contribution in [-0.2, 0) is 9.59 Å². The van der Waals surface area contributed by atoms with Crippen molar-refractivity contribution in [3.8, 4) is 5.75 Å². The zero-order valence-electron chi connectivity index (χ0n) is 13.2. The molecule has 1 aromatic rings. The number of imide groups is 1. The summed E-state index contributed by atoms with van der Waals surface area (Å²) in [6.45, 7) is 0. The Morgan fingerprint density at radius 1 is 1.17 bits per heavy atom. The standard InChI is InChI=1S/C17H21NO3S3/c19-15-14-10-13(11-4-6-12(21-23)7-5-11)17(14,16(20)18-15)24-9-3-1-2-8-22/h4-7,13-14,22-23H,1-3,8-10H2,(H,18,19,20)/t13-,14-,17+/m1/s1. The maximum absolute atomic E-state index is 12.6. The van der Waals surface area contributed by atoms with Crippen molar-refractivity contribution >= 4 is 49.1 Å². The van der Waals surface area contributed by atoms with E-state index in [0.29, 0.717) is 5.75 Å². The van der Waals surface area contributed by atoms with Gasteiger partial charge in [0.05, 0.1) is 5.92 Å². The Bertz CT molecular complexity index is 622. The van der Waals surface area contributed by atoms with E-state index in [9.17, 15) is 9.59 Å². The second-order valence-electron chi connectivity index (χ2n) is 6.25. The lowest BCUT2D eigenvalue weighted by Gasteiger charge is -2.48. The van der Waals surface area contributed by atoms with E-state index in [1.807, 2.05) is 24.3 Å². The fraction of sp³-hybridized carbons (Fsp3) is 0.529. The van der Waals surface area contributed by atoms with Crippen molar-refractivity contribution in [3.63, 3.8) is 0 Å². The zero-order chi connectivity index (χ0) is 17.2. The number of hydrogen-bond donors (Lipinski definition) is 3. The topological polar surface area (TPSA) is 55.4 Å². The fourth-order valence-electron chi connectivity index (χ4n) is 3.63. The first-order valence-corrected chi connectivity index (χ1v) is 10.1. The highest BCUT2D eigenvalue weighted by atomic mass is 32.2. The fourth-order valence-corrected chi connectivity index (χ4v) is 5.68. The number of benzene rings is 1. The minimum absolute atomic E-state index is 0.0674. The number of carbonyl (C=O) groups is 2. The van der Waals surface area contributed by atoms with Gasteiger partial charge >= 0.3 is 0 Å². The van der Waals surface area contributed by atoms with Crippen molar-refractivity contribution in [2.75, 3.05) is 11.5 Å². The lowest BCUT2D eigenvalue weighted by Crippen LogP contribution is -2.54. The maximum Gasteiger partial charge on any atom is 0.244 e. The van der Waals surface area contributed by atoms with Crippen LogP contribution in [-0.4, -0.2) is 28.1 Å². The summed E-state index contributed by atoms with van der Waals surface area (Å²) in [5.74, 6) is 2.07. The quantitative estimate of drug-likeness (QED) is 0.279. The minimum atomic E-state index is -0.638. The molecule has 2 fully saturated rings. The average molecular weight is 384 g/mol. The van der Waals surface area contributed by atoms with Gasteiger partial charge in [0.15, 0.2) is 0 Å². The number of fused-ring (bicyclic) bond motifs is 1. The summed E-state index contributed by atoms with van der Waals surface area (Å²) in [6.07, 6.45) is 3.95. The van der Waals surface area contributed by atoms with E-state index in [2.05, 4.69) is 30.9 Å². The minimum Gasteiger partial charge on any atom is -0.429 e. The van der Waals surface area contributed by atoms with Gasteiger partial charge < -0.3 is 4.18 Å². The third-order valence-electron chi connectivity index (χ3n) is 4.95. The van der Waals surface area contributed by atoms with Crippen LogP contribution in [0.15, 0.2) is 24.3 Å². The Morgan fingerprint density at radius 3 is 2.54 bits per heavy atom. The van der Waals surface area contributed by atoms with E-state index in [4.69, 9.17) is 4.18 Å². The highest BCUT2D eigenvalue weighted by Gasteiger charge is 2.67. The third-order valence-corrected chi connectivity index (χ3v) is 7.20. The van der Waals surface area contributed by atoms with Crippen LogP contribution in [0.1, 0.15) is 37.2 Å². The highest BCUT2D eigenvalue weighted by molar-refractivity contribution is 8.01. The van der Waals surface area contributed by atoms with Crippen molar-refractivity contribution in [3.05, 3.63) is 29.8 Å². The molecule has 1 aliphatic carbocycles. The summed E-state index contributed by atoms with van der Waals surface area (Å²) in [5.41, 5.74) is 1.08. The van der Waals surface area contributed by atoms with Gasteiger partial charge in [-0.3, -0.25) is 14.9 Å². The van der Waals surface area contributed by atoms with Gasteiger partial charge in [-0.15, -0.1) is 11.8 Å². The molecule has 1 heterocycles. The number of rotatable bonds is 8. The van der Waals surface area contributed by atoms with Crippen LogP contribution >= 0.6 is 37.3 Å². The first kappa shape index (κ1) is 18.0. The van der Waals surface area contributed by atoms with Gasteiger partial charge in [0.1, 0.15) is 10.5 Å². The van der Waals surface area contributed by atoms with E-state index in [1.54, 1.807) is 11.8 Å². The van der Waals surface area contributed by atoms with Crippen LogP contribution in [0.5, 0.6) is 5.75 Å². The van der Waals surface area contributed by atoms with Crippen LogP contribution in [0.2, 0.25) is 0 Å². The Hall–Kier alpha value is -0.790. The summed E-state index contributed by atoms with van der Waals surface area (Å²) >= 11 is 9.67. The number of nitrogens with one attached hydrogen (secondary N) is 1. The number of amides is 2. The molecule has 3 atom stereocenters. The van der Waals surface area contributed by atoms with Gasteiger partial charge in [0.2, 0.25) is 11.8 Å². The predicted octanol–water partition coefficient (Wildman–Crippen LogP) is 3.24. The molecule has 2 aliphatic rings. The molecule has 7 heteroatoms. The number of hydrogen-bond acceptors (Lipinski definition) is 6. The molecule has 130 valence electrons. The molecule has 24 heavy (non-hydrogen) atoms. The summed E-state index contributed by atoms with van der Waals surface area (Å²) in [7, 11) is 0. The van der Waals surface area contributed by atoms with Crippen LogP contribution in [0, 0.1) is 5.92 Å². The van der Waals surface area contributed by atoms with E-state index in [1.165, 1.54) is 0 Å². The third kappa shape index (κ3) is 3.06. The molecule has 1 saturated heterocycles. The molecular weight excluding hydrogens is 362 g/mol. The highest BCUT2D eigenvalue weighted by Crippen LogP contribution is 2.61. The Morgan fingerprint density at radius 2 is 1.92 bits per heavy atom. The predicted molar refractivity (Wildman–Crippen MR) is 103 cm³/mol. The summed E-state index contributed by atoms with van der Waals surface area (Å²) in [6, 6.07) is 7.61. The zero-order valence-corrected chi connectivity index (χ0v) is 15.8. The molecule has 4 nitrogen and oxygen atoms in total. The summed E-state index contributed by atoms with van der Waals surface area (Å²) in [4.78, 5) is 24.7. The van der Waals surface area contributed by atoms with Crippen LogP contribution < -0.4 is 9.50 Å². The molecular formula is C17H21NO3S3. The SMILES string of the molecule is O=C1NC(=O)[C@@]2(SCCCCCS)[C@@H]1C[C@@H]2c1ccc(OS)cc1. The number of thioether (sulfide) groups is 1. The molecule has 2 amide bonds. The van der Waals surface area contributed by atoms with E-state index >= 15 is 0 Å². The van der Waals surface area contributed by atoms with E-state index in [-0.39, 0.29) is 23.7 Å². The van der Waals surface area contributed by atoms with Crippen molar-refractivity contribution in [1.82, 2.24) is 5.32 Å². The monoisotopic (exact) mass is 383 g/mol. The average Bonchev–Trinajstić information content (AvgIpc) is 2.74. The van der Waals surface area contributed by atoms with Crippen LogP contribution in [0.25, 0.3) is 0 Å². The Balaban J connectivity index is 1.76. The Labute approximate surface area is 157 Å². The van der Waals surface area contributed by atoms with Crippen LogP contribution in [0.4, 0.5) is 0 Å². The van der Waals surface area contributed by atoms with Crippen molar-refractivity contribution in [1.29, 1.82) is 0 Å². The number of unbranched alkanes of at least 4 members (excludes halogenated alkanes) is 2. The molecule has 0 radical (unpaired) electrons. The second-order valence-corrected chi connectivity index (χ2v) is 8.25. The molecule has 3 rings (SSSR count). The lowest BCUT2D eigenvalue weighted by atomic mass is 9.62. The first-order valence-electron chi connectivity index (χ1n) is 8.15. The summed E-state index contributed by atoms with van der Waals surface area (Å²) < 4.78 is 4.27.